The third-order valence-electron chi connectivity index (χ3n) is 2.42. The van der Waals surface area contributed by atoms with Crippen molar-refractivity contribution < 1.29 is 4.43 Å². The van der Waals surface area contributed by atoms with Gasteiger partial charge in [0, 0.05) is 6.61 Å². The van der Waals surface area contributed by atoms with Crippen LogP contribution in [0.15, 0.2) is 0 Å². The first-order valence-electron chi connectivity index (χ1n) is 5.76. The molecule has 13 heavy (non-hydrogen) atoms. The average molecular weight is 202 g/mol. The van der Waals surface area contributed by atoms with Crippen LogP contribution >= 0.6 is 0 Å². The molecule has 0 N–H and O–H groups in total. The smallest absolute Gasteiger partial charge is 0.186 e. The lowest BCUT2D eigenvalue weighted by molar-refractivity contribution is 0.327. The summed E-state index contributed by atoms with van der Waals surface area (Å²) in [4.78, 5) is 0. The standard InChI is InChI=1S/C11H26OSi/c1-5-7-8-9-10-11-13(3,4)12-6-2/h5-11H2,1-4H3. The highest BCUT2D eigenvalue weighted by molar-refractivity contribution is 6.71. The minimum absolute atomic E-state index is 0.897. The van der Waals surface area contributed by atoms with Crippen LogP contribution in [0.3, 0.4) is 0 Å². The molecule has 0 saturated heterocycles. The highest BCUT2D eigenvalue weighted by Gasteiger charge is 2.20. The summed E-state index contributed by atoms with van der Waals surface area (Å²) in [5.74, 6) is 0. The Hall–Kier alpha value is 0.177. The molecule has 0 atom stereocenters. The molecule has 0 fully saturated rings. The van der Waals surface area contributed by atoms with Gasteiger partial charge in [-0.1, -0.05) is 39.0 Å². The molecule has 0 aliphatic rings. The van der Waals surface area contributed by atoms with E-state index in [1.54, 1.807) is 0 Å². The third kappa shape index (κ3) is 8.51. The Morgan fingerprint density at radius 3 is 2.08 bits per heavy atom. The number of unbranched alkanes of at least 4 members (excludes halogenated alkanes) is 4. The van der Waals surface area contributed by atoms with Crippen molar-refractivity contribution in [1.29, 1.82) is 0 Å². The molecule has 0 aliphatic carbocycles. The van der Waals surface area contributed by atoms with Crippen LogP contribution in [0.2, 0.25) is 19.1 Å². The maximum Gasteiger partial charge on any atom is 0.186 e. The van der Waals surface area contributed by atoms with Crippen molar-refractivity contribution in [3.8, 4) is 0 Å². The van der Waals surface area contributed by atoms with Gasteiger partial charge < -0.3 is 4.43 Å². The van der Waals surface area contributed by atoms with Crippen LogP contribution in [-0.2, 0) is 4.43 Å². The fourth-order valence-corrected chi connectivity index (χ4v) is 3.64. The van der Waals surface area contributed by atoms with Crippen LogP contribution in [0, 0.1) is 0 Å². The van der Waals surface area contributed by atoms with Gasteiger partial charge in [0.25, 0.3) is 0 Å². The first-order chi connectivity index (χ1) is 6.12. The summed E-state index contributed by atoms with van der Waals surface area (Å²) in [7, 11) is -1.26. The molecule has 80 valence electrons. The van der Waals surface area contributed by atoms with Gasteiger partial charge in [-0.05, 0) is 26.1 Å². The topological polar surface area (TPSA) is 9.23 Å². The second-order valence-corrected chi connectivity index (χ2v) is 8.66. The van der Waals surface area contributed by atoms with E-state index >= 15 is 0 Å². The lowest BCUT2D eigenvalue weighted by Crippen LogP contribution is -2.29. The quantitative estimate of drug-likeness (QED) is 0.423. The molecule has 0 radical (unpaired) electrons. The van der Waals surface area contributed by atoms with Crippen LogP contribution in [0.5, 0.6) is 0 Å². The minimum Gasteiger partial charge on any atom is -0.418 e. The highest BCUT2D eigenvalue weighted by Crippen LogP contribution is 2.16. The van der Waals surface area contributed by atoms with Gasteiger partial charge in [-0.25, -0.2) is 0 Å². The summed E-state index contributed by atoms with van der Waals surface area (Å²) in [6.45, 7) is 9.92. The predicted octanol–water partition coefficient (Wildman–Crippen LogP) is 4.20. The molecule has 0 rings (SSSR count). The molecule has 0 aromatic rings. The summed E-state index contributed by atoms with van der Waals surface area (Å²) in [6, 6.07) is 1.34. The minimum atomic E-state index is -1.26. The second kappa shape index (κ2) is 7.57. The molecular formula is C11H26OSi. The van der Waals surface area contributed by atoms with Gasteiger partial charge in [-0.3, -0.25) is 0 Å². The van der Waals surface area contributed by atoms with Crippen molar-refractivity contribution >= 4 is 8.32 Å². The number of rotatable bonds is 8. The Labute approximate surface area is 85.0 Å². The van der Waals surface area contributed by atoms with E-state index in [4.69, 9.17) is 4.43 Å². The molecule has 0 unspecified atom stereocenters. The number of hydrogen-bond donors (Lipinski definition) is 0. The second-order valence-electron chi connectivity index (χ2n) is 4.36. The Morgan fingerprint density at radius 1 is 0.923 bits per heavy atom. The van der Waals surface area contributed by atoms with E-state index < -0.39 is 8.32 Å². The lowest BCUT2D eigenvalue weighted by atomic mass is 10.2. The molecule has 0 aliphatic heterocycles. The van der Waals surface area contributed by atoms with Gasteiger partial charge in [-0.15, -0.1) is 0 Å². The molecule has 0 spiro atoms. The van der Waals surface area contributed by atoms with Crippen LogP contribution < -0.4 is 0 Å². The van der Waals surface area contributed by atoms with E-state index in [-0.39, 0.29) is 0 Å². The lowest BCUT2D eigenvalue weighted by Gasteiger charge is -2.21. The van der Waals surface area contributed by atoms with Gasteiger partial charge in [-0.2, -0.15) is 0 Å². The fraction of sp³-hybridized carbons (Fsp3) is 1.00. The zero-order chi connectivity index (χ0) is 10.2. The molecule has 0 saturated carbocycles. The summed E-state index contributed by atoms with van der Waals surface area (Å²) in [6.07, 6.45) is 6.92. The summed E-state index contributed by atoms with van der Waals surface area (Å²) in [5.41, 5.74) is 0. The molecule has 0 aromatic heterocycles. The van der Waals surface area contributed by atoms with Gasteiger partial charge in [0.15, 0.2) is 8.32 Å². The highest BCUT2D eigenvalue weighted by atomic mass is 28.4. The summed E-state index contributed by atoms with van der Waals surface area (Å²) in [5, 5.41) is 0. The van der Waals surface area contributed by atoms with Crippen LogP contribution in [-0.4, -0.2) is 14.9 Å². The van der Waals surface area contributed by atoms with E-state index in [0.29, 0.717) is 0 Å². The van der Waals surface area contributed by atoms with Crippen molar-refractivity contribution in [3.05, 3.63) is 0 Å². The molecule has 0 aromatic carbocycles. The molecule has 0 heterocycles. The van der Waals surface area contributed by atoms with Crippen molar-refractivity contribution in [2.45, 2.75) is 65.1 Å². The van der Waals surface area contributed by atoms with E-state index in [2.05, 4.69) is 26.9 Å². The van der Waals surface area contributed by atoms with Gasteiger partial charge in [0.05, 0.1) is 0 Å². The molecule has 0 bridgehead atoms. The Balaban J connectivity index is 3.29. The predicted molar refractivity (Wildman–Crippen MR) is 62.7 cm³/mol. The van der Waals surface area contributed by atoms with Crippen LogP contribution in [0.1, 0.15) is 46.0 Å². The maximum absolute atomic E-state index is 5.77. The molecular weight excluding hydrogens is 176 g/mol. The average Bonchev–Trinajstić information content (AvgIpc) is 2.04. The summed E-state index contributed by atoms with van der Waals surface area (Å²) >= 11 is 0. The van der Waals surface area contributed by atoms with Crippen molar-refractivity contribution in [1.82, 2.24) is 0 Å². The zero-order valence-electron chi connectivity index (χ0n) is 9.86. The van der Waals surface area contributed by atoms with Crippen LogP contribution in [0.4, 0.5) is 0 Å². The monoisotopic (exact) mass is 202 g/mol. The molecule has 1 nitrogen and oxygen atoms in total. The Bertz CT molecular complexity index is 113. The SMILES string of the molecule is CCCCCCC[Si](C)(C)OCC. The van der Waals surface area contributed by atoms with E-state index in [0.717, 1.165) is 6.61 Å². The normalized spacial score (nSPS) is 12.0. The van der Waals surface area contributed by atoms with Crippen molar-refractivity contribution in [3.63, 3.8) is 0 Å². The Morgan fingerprint density at radius 2 is 1.54 bits per heavy atom. The van der Waals surface area contributed by atoms with Crippen LogP contribution in [0.25, 0.3) is 0 Å². The van der Waals surface area contributed by atoms with Gasteiger partial charge >= 0.3 is 0 Å². The van der Waals surface area contributed by atoms with Crippen molar-refractivity contribution in [2.24, 2.45) is 0 Å². The van der Waals surface area contributed by atoms with Crippen molar-refractivity contribution in [2.75, 3.05) is 6.61 Å². The largest absolute Gasteiger partial charge is 0.418 e. The zero-order valence-corrected chi connectivity index (χ0v) is 10.9. The maximum atomic E-state index is 5.77. The van der Waals surface area contributed by atoms with Gasteiger partial charge in [0.1, 0.15) is 0 Å². The van der Waals surface area contributed by atoms with E-state index in [1.807, 2.05) is 0 Å². The third-order valence-corrected chi connectivity index (χ3v) is 5.05. The first-order valence-corrected chi connectivity index (χ1v) is 8.88. The first kappa shape index (κ1) is 13.2. The fourth-order valence-electron chi connectivity index (χ4n) is 1.62. The van der Waals surface area contributed by atoms with E-state index in [1.165, 1.54) is 38.1 Å². The molecule has 0 amide bonds. The van der Waals surface area contributed by atoms with Gasteiger partial charge in [0.2, 0.25) is 0 Å². The Kier molecular flexibility index (Phi) is 7.67. The molecule has 2 heteroatoms. The number of hydrogen-bond acceptors (Lipinski definition) is 1. The van der Waals surface area contributed by atoms with E-state index in [9.17, 15) is 0 Å². The summed E-state index contributed by atoms with van der Waals surface area (Å²) < 4.78 is 5.77.